The highest BCUT2D eigenvalue weighted by atomic mass is 19.1. The van der Waals surface area contributed by atoms with E-state index in [2.05, 4.69) is 15.5 Å². The number of carbonyl (C=O) groups is 2. The average Bonchev–Trinajstić information content (AvgIpc) is 2.86. The van der Waals surface area contributed by atoms with Gasteiger partial charge in [0.15, 0.2) is 0 Å². The Balaban J connectivity index is 1.41. The van der Waals surface area contributed by atoms with Crippen LogP contribution in [0.25, 0.3) is 0 Å². The van der Waals surface area contributed by atoms with Crippen molar-refractivity contribution in [2.45, 2.75) is 6.04 Å². The van der Waals surface area contributed by atoms with Crippen LogP contribution in [0, 0.1) is 5.82 Å². The molecule has 1 heterocycles. The maximum Gasteiger partial charge on any atom is 0.257 e. The molecule has 0 bridgehead atoms. The van der Waals surface area contributed by atoms with Crippen LogP contribution < -0.4 is 15.5 Å². The summed E-state index contributed by atoms with van der Waals surface area (Å²) in [6.45, 7) is 2.51. The lowest BCUT2D eigenvalue weighted by Crippen LogP contribution is -2.48. The van der Waals surface area contributed by atoms with Gasteiger partial charge in [0, 0.05) is 44.6 Å². The predicted molar refractivity (Wildman–Crippen MR) is 129 cm³/mol. The maximum atomic E-state index is 14.9. The minimum atomic E-state index is -0.391. The average molecular weight is 447 g/mol. The Morgan fingerprint density at radius 1 is 0.970 bits per heavy atom. The van der Waals surface area contributed by atoms with Gasteiger partial charge in [-0.15, -0.1) is 0 Å². The van der Waals surface area contributed by atoms with Gasteiger partial charge in [-0.3, -0.25) is 9.69 Å². The molecule has 4 rings (SSSR count). The number of hydrogen-bond acceptors (Lipinski definition) is 5. The van der Waals surface area contributed by atoms with Crippen molar-refractivity contribution in [1.82, 2.24) is 4.90 Å². The Bertz CT molecular complexity index is 1110. The van der Waals surface area contributed by atoms with Crippen molar-refractivity contribution in [3.63, 3.8) is 0 Å². The second kappa shape index (κ2) is 10.3. The van der Waals surface area contributed by atoms with Crippen LogP contribution in [-0.2, 0) is 4.79 Å². The van der Waals surface area contributed by atoms with E-state index in [4.69, 9.17) is 0 Å². The lowest BCUT2D eigenvalue weighted by atomic mass is 10.1. The number of carbonyl (C=O) groups excluding carboxylic acids is 2. The molecule has 1 amide bonds. The minimum Gasteiger partial charge on any atom is -0.387 e. The normalized spacial score (nSPS) is 15.0. The number of para-hydroxylation sites is 1. The molecule has 0 aromatic heterocycles. The largest absolute Gasteiger partial charge is 0.387 e. The molecule has 0 radical (unpaired) electrons. The zero-order chi connectivity index (χ0) is 23.2. The number of anilines is 3. The standard InChI is InChI=1S/C26H27FN4O2/c1-28-23-10-6-5-9-21(23)26(33)29-20-11-12-24(22(27)17-20)30-13-15-31(16-14-30)25(18-32)19-7-3-2-4-8-19/h2-12,17-18,25,28H,13-16H2,1H3,(H,29,33). The zero-order valence-corrected chi connectivity index (χ0v) is 18.5. The Morgan fingerprint density at radius 2 is 1.67 bits per heavy atom. The van der Waals surface area contributed by atoms with Crippen LogP contribution in [0.2, 0.25) is 0 Å². The molecule has 0 saturated carbocycles. The van der Waals surface area contributed by atoms with Crippen LogP contribution in [0.15, 0.2) is 72.8 Å². The summed E-state index contributed by atoms with van der Waals surface area (Å²) in [6, 6.07) is 21.3. The number of benzene rings is 3. The van der Waals surface area contributed by atoms with E-state index < -0.39 is 5.82 Å². The molecule has 2 N–H and O–H groups in total. The number of nitrogens with zero attached hydrogens (tertiary/aromatic N) is 2. The van der Waals surface area contributed by atoms with Crippen molar-refractivity contribution in [2.75, 3.05) is 48.8 Å². The van der Waals surface area contributed by atoms with Crippen LogP contribution in [0.1, 0.15) is 22.0 Å². The van der Waals surface area contributed by atoms with E-state index in [-0.39, 0.29) is 11.9 Å². The summed E-state index contributed by atoms with van der Waals surface area (Å²) in [4.78, 5) is 28.4. The summed E-state index contributed by atoms with van der Waals surface area (Å²) < 4.78 is 14.9. The molecule has 1 fully saturated rings. The number of halogens is 1. The number of nitrogens with one attached hydrogen (secondary N) is 2. The summed E-state index contributed by atoms with van der Waals surface area (Å²) in [5.41, 5.74) is 3.05. The van der Waals surface area contributed by atoms with Gasteiger partial charge in [0.05, 0.1) is 17.3 Å². The van der Waals surface area contributed by atoms with Gasteiger partial charge in [0.2, 0.25) is 0 Å². The summed E-state index contributed by atoms with van der Waals surface area (Å²) in [5, 5.41) is 5.75. The van der Waals surface area contributed by atoms with Gasteiger partial charge in [-0.05, 0) is 35.9 Å². The first-order chi connectivity index (χ1) is 16.1. The molecule has 0 spiro atoms. The lowest BCUT2D eigenvalue weighted by molar-refractivity contribution is -0.112. The van der Waals surface area contributed by atoms with E-state index in [9.17, 15) is 14.0 Å². The number of aldehydes is 1. The molecule has 170 valence electrons. The summed E-state index contributed by atoms with van der Waals surface area (Å²) in [7, 11) is 1.75. The van der Waals surface area contributed by atoms with E-state index in [1.165, 1.54) is 6.07 Å². The Hall–Kier alpha value is -3.71. The molecule has 7 heteroatoms. The van der Waals surface area contributed by atoms with Gasteiger partial charge in [0.25, 0.3) is 5.91 Å². The monoisotopic (exact) mass is 446 g/mol. The maximum absolute atomic E-state index is 14.9. The lowest BCUT2D eigenvalue weighted by Gasteiger charge is -2.38. The minimum absolute atomic E-state index is 0.295. The third-order valence-corrected chi connectivity index (χ3v) is 5.96. The molecule has 1 unspecified atom stereocenters. The fourth-order valence-electron chi connectivity index (χ4n) is 4.21. The quantitative estimate of drug-likeness (QED) is 0.533. The van der Waals surface area contributed by atoms with Gasteiger partial charge in [-0.1, -0.05) is 42.5 Å². The third kappa shape index (κ3) is 5.04. The highest BCUT2D eigenvalue weighted by Gasteiger charge is 2.26. The fraction of sp³-hybridized carbons (Fsp3) is 0.231. The van der Waals surface area contributed by atoms with Crippen molar-refractivity contribution < 1.29 is 14.0 Å². The number of amides is 1. The second-order valence-electron chi connectivity index (χ2n) is 7.93. The predicted octanol–water partition coefficient (Wildman–Crippen LogP) is 4.18. The molecular weight excluding hydrogens is 419 g/mol. The SMILES string of the molecule is CNc1ccccc1C(=O)Nc1ccc(N2CCN(C(C=O)c3ccccc3)CC2)c(F)c1. The van der Waals surface area contributed by atoms with Gasteiger partial charge >= 0.3 is 0 Å². The molecule has 0 aliphatic carbocycles. The Kier molecular flexibility index (Phi) is 7.00. The summed E-state index contributed by atoms with van der Waals surface area (Å²) >= 11 is 0. The van der Waals surface area contributed by atoms with Gasteiger partial charge in [-0.25, -0.2) is 4.39 Å². The molecule has 1 saturated heterocycles. The van der Waals surface area contributed by atoms with E-state index in [0.717, 1.165) is 11.8 Å². The van der Waals surface area contributed by atoms with E-state index in [1.54, 1.807) is 31.3 Å². The topological polar surface area (TPSA) is 64.7 Å². The number of hydrogen-bond donors (Lipinski definition) is 2. The highest BCUT2D eigenvalue weighted by molar-refractivity contribution is 6.08. The Morgan fingerprint density at radius 3 is 2.33 bits per heavy atom. The highest BCUT2D eigenvalue weighted by Crippen LogP contribution is 2.27. The molecule has 1 aliphatic rings. The van der Waals surface area contributed by atoms with Crippen molar-refractivity contribution in [1.29, 1.82) is 0 Å². The first-order valence-corrected chi connectivity index (χ1v) is 11.0. The van der Waals surface area contributed by atoms with Crippen molar-refractivity contribution in [3.8, 4) is 0 Å². The summed E-state index contributed by atoms with van der Waals surface area (Å²) in [5.74, 6) is -0.695. The molecule has 1 aliphatic heterocycles. The third-order valence-electron chi connectivity index (χ3n) is 5.96. The van der Waals surface area contributed by atoms with Crippen LogP contribution in [0.3, 0.4) is 0 Å². The number of piperazine rings is 1. The molecule has 33 heavy (non-hydrogen) atoms. The van der Waals surface area contributed by atoms with Crippen LogP contribution >= 0.6 is 0 Å². The van der Waals surface area contributed by atoms with E-state index >= 15 is 0 Å². The van der Waals surface area contributed by atoms with Gasteiger partial charge in [-0.2, -0.15) is 0 Å². The van der Waals surface area contributed by atoms with Gasteiger partial charge in [0.1, 0.15) is 12.1 Å². The summed E-state index contributed by atoms with van der Waals surface area (Å²) in [6.07, 6.45) is 0.968. The Labute approximate surface area is 193 Å². The van der Waals surface area contributed by atoms with Gasteiger partial charge < -0.3 is 20.3 Å². The van der Waals surface area contributed by atoms with Crippen molar-refractivity contribution >= 4 is 29.3 Å². The van der Waals surface area contributed by atoms with Crippen LogP contribution in [-0.4, -0.2) is 50.3 Å². The molecule has 1 atom stereocenters. The van der Waals surface area contributed by atoms with Crippen molar-refractivity contribution in [3.05, 3.63) is 89.7 Å². The van der Waals surface area contributed by atoms with E-state index in [1.807, 2.05) is 47.4 Å². The van der Waals surface area contributed by atoms with E-state index in [0.29, 0.717) is 48.8 Å². The molecular formula is C26H27FN4O2. The first kappa shape index (κ1) is 22.5. The van der Waals surface area contributed by atoms with Crippen LogP contribution in [0.5, 0.6) is 0 Å². The van der Waals surface area contributed by atoms with Crippen LogP contribution in [0.4, 0.5) is 21.5 Å². The fourth-order valence-corrected chi connectivity index (χ4v) is 4.21. The first-order valence-electron chi connectivity index (χ1n) is 11.0. The molecule has 3 aromatic rings. The molecule has 3 aromatic carbocycles. The number of rotatable bonds is 7. The zero-order valence-electron chi connectivity index (χ0n) is 18.5. The molecule has 6 nitrogen and oxygen atoms in total. The smallest absolute Gasteiger partial charge is 0.257 e. The second-order valence-corrected chi connectivity index (χ2v) is 7.93. The van der Waals surface area contributed by atoms with Crippen molar-refractivity contribution in [2.24, 2.45) is 0 Å².